The van der Waals surface area contributed by atoms with Gasteiger partial charge >= 0.3 is 47.3 Å². The second-order valence-corrected chi connectivity index (χ2v) is 3.68. The first-order chi connectivity index (χ1) is 5.64. The molecule has 0 aliphatic heterocycles. The van der Waals surface area contributed by atoms with Gasteiger partial charge in [-0.15, -0.1) is 0 Å². The van der Waals surface area contributed by atoms with Crippen LogP contribution in [0.15, 0.2) is 0 Å². The normalized spacial score (nSPS) is 8.08. The summed E-state index contributed by atoms with van der Waals surface area (Å²) in [5, 5.41) is 0. The van der Waals surface area contributed by atoms with Gasteiger partial charge in [-0.25, -0.2) is 0 Å². The zero-order valence-corrected chi connectivity index (χ0v) is 11.5. The minimum atomic E-state index is 0.833. The Balaban J connectivity index is -0.000000115. The minimum Gasteiger partial charge on any atom is -0.793 e. The molecule has 72 valence electrons. The first-order valence-electron chi connectivity index (χ1n) is 4.30. The van der Waals surface area contributed by atoms with Crippen molar-refractivity contribution in [2.45, 2.75) is 27.7 Å². The fourth-order valence-corrected chi connectivity index (χ4v) is 0.224. The zero-order valence-electron chi connectivity index (χ0n) is 8.67. The molecule has 0 bridgehead atoms. The SMILES string of the molecule is CC[N]([Al+2])CC.CC[S-].CC[S-]. The summed E-state index contributed by atoms with van der Waals surface area (Å²) < 4.78 is 2.17. The van der Waals surface area contributed by atoms with Crippen molar-refractivity contribution >= 4 is 41.8 Å². The second kappa shape index (κ2) is 22.8. The molecule has 0 aromatic heterocycles. The van der Waals surface area contributed by atoms with Crippen molar-refractivity contribution in [2.24, 2.45) is 0 Å². The Kier molecular flexibility index (Phi) is 35.8. The zero-order chi connectivity index (χ0) is 10.4. The summed E-state index contributed by atoms with van der Waals surface area (Å²) in [6, 6.07) is 0. The molecule has 1 nitrogen and oxygen atoms in total. The van der Waals surface area contributed by atoms with E-state index in [2.05, 4.69) is 59.5 Å². The second-order valence-electron chi connectivity index (χ2n) is 1.80. The van der Waals surface area contributed by atoms with E-state index in [1.807, 2.05) is 13.8 Å². The van der Waals surface area contributed by atoms with Gasteiger partial charge in [-0.1, -0.05) is 13.8 Å². The van der Waals surface area contributed by atoms with Crippen molar-refractivity contribution in [3.05, 3.63) is 0 Å². The van der Waals surface area contributed by atoms with Gasteiger partial charge in [0, 0.05) is 0 Å². The predicted octanol–water partition coefficient (Wildman–Crippen LogP) is 1.52. The Morgan fingerprint density at radius 3 is 1.08 bits per heavy atom. The van der Waals surface area contributed by atoms with Crippen LogP contribution in [0.25, 0.3) is 0 Å². The van der Waals surface area contributed by atoms with Gasteiger partial charge in [-0.2, -0.15) is 11.5 Å². The molecule has 0 saturated heterocycles. The molecular formula is C8H20AlNS2. The summed E-state index contributed by atoms with van der Waals surface area (Å²) in [6.07, 6.45) is 0. The summed E-state index contributed by atoms with van der Waals surface area (Å²) in [5.41, 5.74) is 0. The summed E-state index contributed by atoms with van der Waals surface area (Å²) in [7, 11) is 0. The first kappa shape index (κ1) is 18.9. The summed E-state index contributed by atoms with van der Waals surface area (Å²) in [6.45, 7) is 10.4. The molecule has 0 amide bonds. The smallest absolute Gasteiger partial charge is 0.0874 e. The van der Waals surface area contributed by atoms with Gasteiger partial charge in [-0.3, -0.25) is 0 Å². The molecule has 0 fully saturated rings. The number of rotatable bonds is 2. The molecule has 0 aliphatic rings. The Morgan fingerprint density at radius 2 is 1.08 bits per heavy atom. The van der Waals surface area contributed by atoms with E-state index in [0.29, 0.717) is 0 Å². The van der Waals surface area contributed by atoms with Gasteiger partial charge < -0.3 is 25.3 Å². The maximum Gasteiger partial charge on any atom is -0.0874 e. The predicted molar refractivity (Wildman–Crippen MR) is 64.5 cm³/mol. The third kappa shape index (κ3) is 43.1. The van der Waals surface area contributed by atoms with Crippen molar-refractivity contribution in [2.75, 3.05) is 24.6 Å². The molecule has 0 radical (unpaired) electrons. The first-order valence-corrected chi connectivity index (χ1v) is 5.97. The molecule has 0 N–H and O–H groups in total. The molecule has 0 unspecified atom stereocenters. The van der Waals surface area contributed by atoms with Gasteiger partial charge in [0.2, 0.25) is 0 Å². The molecule has 0 aromatic carbocycles. The molecule has 0 heterocycles. The van der Waals surface area contributed by atoms with Crippen LogP contribution in [0, 0.1) is 0 Å². The van der Waals surface area contributed by atoms with Gasteiger partial charge in [-0.05, 0) is 0 Å². The molecule has 0 aliphatic carbocycles. The fourth-order valence-electron chi connectivity index (χ4n) is 0.224. The van der Waals surface area contributed by atoms with E-state index in [-0.39, 0.29) is 0 Å². The van der Waals surface area contributed by atoms with Gasteiger partial charge in [0.25, 0.3) is 0 Å². The van der Waals surface area contributed by atoms with Crippen LogP contribution in [0.3, 0.4) is 0 Å². The monoisotopic (exact) mass is 221 g/mol. The Morgan fingerprint density at radius 1 is 0.917 bits per heavy atom. The van der Waals surface area contributed by atoms with Crippen LogP contribution in [-0.4, -0.2) is 45.0 Å². The van der Waals surface area contributed by atoms with E-state index < -0.39 is 0 Å². The van der Waals surface area contributed by atoms with E-state index in [9.17, 15) is 0 Å². The van der Waals surface area contributed by atoms with Crippen molar-refractivity contribution in [3.8, 4) is 0 Å². The summed E-state index contributed by atoms with van der Waals surface area (Å²) in [5.74, 6) is 1.67. The molecule has 0 atom stereocenters. The van der Waals surface area contributed by atoms with Crippen molar-refractivity contribution < 1.29 is 0 Å². The van der Waals surface area contributed by atoms with Crippen molar-refractivity contribution in [1.82, 2.24) is 3.88 Å². The van der Waals surface area contributed by atoms with E-state index >= 15 is 0 Å². The molecule has 0 spiro atoms. The van der Waals surface area contributed by atoms with Crippen molar-refractivity contribution in [3.63, 3.8) is 0 Å². The average Bonchev–Trinajstić information content (AvgIpc) is 2.06. The van der Waals surface area contributed by atoms with Crippen LogP contribution in [0.5, 0.6) is 0 Å². The maximum atomic E-state index is 4.39. The van der Waals surface area contributed by atoms with Crippen LogP contribution >= 0.6 is 0 Å². The third-order valence-corrected chi connectivity index (χ3v) is 1.54. The van der Waals surface area contributed by atoms with Crippen LogP contribution in [0.1, 0.15) is 27.7 Å². The van der Waals surface area contributed by atoms with Crippen LogP contribution in [-0.2, 0) is 25.3 Å². The van der Waals surface area contributed by atoms with E-state index in [1.165, 1.54) is 0 Å². The Labute approximate surface area is 97.8 Å². The van der Waals surface area contributed by atoms with Crippen LogP contribution in [0.4, 0.5) is 0 Å². The standard InChI is InChI=1S/C4H10N.2C2H6S.Al/c1-3-5-4-2;2*1-2-3;/h3-4H2,1-2H3;2*3H,2H2,1H3;/q-1;;;+3/p-2. The average molecular weight is 221 g/mol. The number of hydrogen-bond donors (Lipinski definition) is 0. The van der Waals surface area contributed by atoms with Gasteiger partial charge in [0.05, 0.1) is 0 Å². The van der Waals surface area contributed by atoms with E-state index in [4.69, 9.17) is 0 Å². The minimum absolute atomic E-state index is 0.833. The van der Waals surface area contributed by atoms with Gasteiger partial charge in [0.15, 0.2) is 0 Å². The van der Waals surface area contributed by atoms with Crippen LogP contribution in [0.2, 0.25) is 0 Å². The molecule has 0 rings (SSSR count). The quantitative estimate of drug-likeness (QED) is 0.514. The number of hydrogen-bond acceptors (Lipinski definition) is 3. The number of nitrogens with zero attached hydrogens (tertiary/aromatic N) is 1. The fraction of sp³-hybridized carbons (Fsp3) is 1.00. The largest absolute Gasteiger partial charge is 0.793 e. The van der Waals surface area contributed by atoms with Crippen LogP contribution < -0.4 is 0 Å². The molecule has 0 aromatic rings. The molecular weight excluding hydrogens is 201 g/mol. The van der Waals surface area contributed by atoms with Gasteiger partial charge in [0.1, 0.15) is 0 Å². The maximum absolute atomic E-state index is 4.39. The molecule has 12 heavy (non-hydrogen) atoms. The summed E-state index contributed by atoms with van der Waals surface area (Å²) >= 11 is 11.4. The molecule has 4 heteroatoms. The Hall–Kier alpha value is 1.19. The topological polar surface area (TPSA) is 3.24 Å². The summed E-state index contributed by atoms with van der Waals surface area (Å²) in [4.78, 5) is 0. The van der Waals surface area contributed by atoms with E-state index in [1.54, 1.807) is 0 Å². The third-order valence-electron chi connectivity index (χ3n) is 0.812. The molecule has 0 saturated carbocycles. The van der Waals surface area contributed by atoms with Crippen molar-refractivity contribution in [1.29, 1.82) is 0 Å². The Bertz CT molecular complexity index is 50.3. The van der Waals surface area contributed by atoms with E-state index in [0.717, 1.165) is 24.6 Å².